The van der Waals surface area contributed by atoms with Crippen molar-refractivity contribution in [2.45, 2.75) is 88.6 Å². The summed E-state index contributed by atoms with van der Waals surface area (Å²) in [6, 6.07) is 8.11. The Morgan fingerprint density at radius 1 is 1.12 bits per heavy atom. The number of anilines is 2. The van der Waals surface area contributed by atoms with E-state index in [4.69, 9.17) is 29.9 Å². The number of fused-ring (bicyclic) bond motifs is 5. The molecule has 1 aromatic carbocycles. The van der Waals surface area contributed by atoms with Gasteiger partial charge in [-0.05, 0) is 69.0 Å². The molecule has 13 heteroatoms. The predicted molar refractivity (Wildman–Crippen MR) is 176 cm³/mol. The predicted octanol–water partition coefficient (Wildman–Crippen LogP) is 3.56. The molecule has 0 radical (unpaired) electrons. The van der Waals surface area contributed by atoms with Crippen LogP contribution in [0.25, 0.3) is 0 Å². The maximum Gasteiger partial charge on any atom is 0.318 e. The maximum absolute atomic E-state index is 14.6. The van der Waals surface area contributed by atoms with E-state index in [0.717, 1.165) is 66.2 Å². The summed E-state index contributed by atoms with van der Waals surface area (Å²) in [5.74, 6) is 0.623. The van der Waals surface area contributed by atoms with Gasteiger partial charge in [0.1, 0.15) is 24.2 Å². The summed E-state index contributed by atoms with van der Waals surface area (Å²) in [6.07, 6.45) is 2.83. The Bertz CT molecular complexity index is 1760. The number of nitrogen functional groups attached to an aromatic ring is 1. The van der Waals surface area contributed by atoms with Gasteiger partial charge in [0.15, 0.2) is 5.69 Å². The normalized spacial score (nSPS) is 27.6. The molecule has 12 nitrogen and oxygen atoms in total. The van der Waals surface area contributed by atoms with Crippen LogP contribution in [0.15, 0.2) is 24.3 Å². The van der Waals surface area contributed by atoms with E-state index < -0.39 is 17.4 Å². The van der Waals surface area contributed by atoms with Gasteiger partial charge in [-0.2, -0.15) is 15.1 Å². The second-order valence-corrected chi connectivity index (χ2v) is 14.9. The lowest BCUT2D eigenvalue weighted by Crippen LogP contribution is -2.49. The molecule has 5 aliphatic rings. The molecule has 0 bridgehead atoms. The number of hydrogen-bond donors (Lipinski definition) is 1. The molecule has 1 spiro atoms. The lowest BCUT2D eigenvalue weighted by Gasteiger charge is -2.47. The van der Waals surface area contributed by atoms with Crippen LogP contribution in [0.1, 0.15) is 78.1 Å². The largest absolute Gasteiger partial charge is 0.461 e. The molecule has 3 aromatic rings. The first kappa shape index (κ1) is 31.5. The summed E-state index contributed by atoms with van der Waals surface area (Å²) in [7, 11) is 3.46. The number of alkyl halides is 1. The second kappa shape index (κ2) is 11.4. The van der Waals surface area contributed by atoms with Crippen molar-refractivity contribution >= 4 is 17.4 Å². The van der Waals surface area contributed by atoms with Gasteiger partial charge >= 0.3 is 6.01 Å². The number of hydrogen-bond acceptors (Lipinski definition) is 10. The molecule has 2 fully saturated rings. The van der Waals surface area contributed by atoms with Gasteiger partial charge in [0, 0.05) is 57.8 Å². The standard InChI is InChI=1S/C35H45FN8O4/c1-33(2)26-8-7-23(37)13-27(26)35(21-48-33)16-29-25(19-47-35)30(39-32(38-29)46-20-34-9-5-11-43(34)17-22(36)15-34)42-10-6-12-44-24(18-42)14-28(40-44)31(45)41(3)4/h7-8,13-14,22H,5-6,9-12,15-21,37H2,1-4H3. The number of amides is 1. The minimum atomic E-state index is -0.847. The first-order valence-electron chi connectivity index (χ1n) is 17.1. The van der Waals surface area contributed by atoms with Crippen LogP contribution in [0, 0.1) is 0 Å². The van der Waals surface area contributed by atoms with Crippen molar-refractivity contribution in [2.75, 3.05) is 57.6 Å². The molecular weight excluding hydrogens is 615 g/mol. The Kier molecular flexibility index (Phi) is 7.46. The highest BCUT2D eigenvalue weighted by Gasteiger charge is 2.50. The number of rotatable bonds is 5. The summed E-state index contributed by atoms with van der Waals surface area (Å²) in [4.78, 5) is 28.8. The molecule has 2 saturated heterocycles. The molecule has 0 aliphatic carbocycles. The summed E-state index contributed by atoms with van der Waals surface area (Å²) in [5, 5.41) is 4.63. The van der Waals surface area contributed by atoms with Crippen molar-refractivity contribution in [1.29, 1.82) is 0 Å². The van der Waals surface area contributed by atoms with Crippen molar-refractivity contribution in [3.05, 3.63) is 58.0 Å². The number of nitrogens with zero attached hydrogens (tertiary/aromatic N) is 7. The summed E-state index contributed by atoms with van der Waals surface area (Å²) in [6.45, 7) is 8.38. The van der Waals surface area contributed by atoms with Gasteiger partial charge in [0.05, 0.1) is 42.3 Å². The number of aryl methyl sites for hydroxylation is 1. The lowest BCUT2D eigenvalue weighted by atomic mass is 9.77. The minimum Gasteiger partial charge on any atom is -0.461 e. The van der Waals surface area contributed by atoms with Gasteiger partial charge in [-0.15, -0.1) is 0 Å². The van der Waals surface area contributed by atoms with Crippen LogP contribution in [-0.2, 0) is 46.8 Å². The highest BCUT2D eigenvalue weighted by molar-refractivity contribution is 5.92. The maximum atomic E-state index is 14.6. The van der Waals surface area contributed by atoms with Crippen molar-refractivity contribution in [1.82, 2.24) is 29.5 Å². The Morgan fingerprint density at radius 2 is 1.98 bits per heavy atom. The van der Waals surface area contributed by atoms with Gasteiger partial charge in [-0.25, -0.2) is 4.39 Å². The number of aromatic nitrogens is 4. The number of nitrogens with two attached hydrogens (primary N) is 1. The van der Waals surface area contributed by atoms with Gasteiger partial charge < -0.3 is 29.7 Å². The van der Waals surface area contributed by atoms with Crippen LogP contribution >= 0.6 is 0 Å². The molecule has 0 saturated carbocycles. The Morgan fingerprint density at radius 3 is 2.81 bits per heavy atom. The van der Waals surface area contributed by atoms with E-state index in [1.54, 1.807) is 19.0 Å². The van der Waals surface area contributed by atoms with Gasteiger partial charge in [0.25, 0.3) is 5.91 Å². The van der Waals surface area contributed by atoms with E-state index in [0.29, 0.717) is 57.1 Å². The van der Waals surface area contributed by atoms with E-state index in [2.05, 4.69) is 28.7 Å². The summed E-state index contributed by atoms with van der Waals surface area (Å²) in [5.41, 5.74) is 10.6. The quantitative estimate of drug-likeness (QED) is 0.407. The number of ether oxygens (including phenoxy) is 3. The average Bonchev–Trinajstić information content (AvgIpc) is 3.68. The van der Waals surface area contributed by atoms with Gasteiger partial charge in [-0.1, -0.05) is 6.07 Å². The molecule has 2 aromatic heterocycles. The van der Waals surface area contributed by atoms with Crippen molar-refractivity contribution in [3.8, 4) is 6.01 Å². The van der Waals surface area contributed by atoms with Crippen LogP contribution in [0.5, 0.6) is 6.01 Å². The van der Waals surface area contributed by atoms with Crippen molar-refractivity contribution in [2.24, 2.45) is 0 Å². The minimum absolute atomic E-state index is 0.127. The first-order chi connectivity index (χ1) is 23.0. The van der Waals surface area contributed by atoms with Gasteiger partial charge in [-0.3, -0.25) is 14.4 Å². The van der Waals surface area contributed by atoms with E-state index in [9.17, 15) is 9.18 Å². The summed E-state index contributed by atoms with van der Waals surface area (Å²) >= 11 is 0. The van der Waals surface area contributed by atoms with Gasteiger partial charge in [0.2, 0.25) is 0 Å². The SMILES string of the molecule is CN(C)C(=O)c1cc2n(n1)CCCN(c1nc(OCC34CCCN3CC(F)C4)nc3c1COC1(COC(C)(C)c4ccc(N)cc41)C3)C2. The van der Waals surface area contributed by atoms with E-state index >= 15 is 0 Å². The Balaban J connectivity index is 1.17. The third kappa shape index (κ3) is 5.21. The van der Waals surface area contributed by atoms with Crippen LogP contribution < -0.4 is 15.4 Å². The highest BCUT2D eigenvalue weighted by atomic mass is 19.1. The molecule has 3 atom stereocenters. The van der Waals surface area contributed by atoms with E-state index in [-0.39, 0.29) is 24.1 Å². The molecule has 7 heterocycles. The van der Waals surface area contributed by atoms with Crippen LogP contribution in [0.4, 0.5) is 15.9 Å². The van der Waals surface area contributed by atoms with E-state index in [1.807, 2.05) is 28.9 Å². The fourth-order valence-electron chi connectivity index (χ4n) is 8.45. The fourth-order valence-corrected chi connectivity index (χ4v) is 8.45. The van der Waals surface area contributed by atoms with Crippen molar-refractivity contribution in [3.63, 3.8) is 0 Å². The fraction of sp³-hybridized carbons (Fsp3) is 0.600. The zero-order valence-corrected chi connectivity index (χ0v) is 28.3. The number of halogens is 1. The molecule has 256 valence electrons. The zero-order chi connectivity index (χ0) is 33.4. The molecule has 5 aliphatic heterocycles. The lowest BCUT2D eigenvalue weighted by molar-refractivity contribution is -0.174. The van der Waals surface area contributed by atoms with E-state index in [1.165, 1.54) is 0 Å². The Labute approximate surface area is 280 Å². The topological polar surface area (TPSA) is 124 Å². The van der Waals surface area contributed by atoms with Crippen LogP contribution in [-0.4, -0.2) is 94.1 Å². The smallest absolute Gasteiger partial charge is 0.318 e. The molecule has 48 heavy (non-hydrogen) atoms. The molecule has 1 amide bonds. The third-order valence-electron chi connectivity index (χ3n) is 11.0. The number of carbonyl (C=O) groups is 1. The van der Waals surface area contributed by atoms with Crippen LogP contribution in [0.3, 0.4) is 0 Å². The first-order valence-corrected chi connectivity index (χ1v) is 17.1. The molecule has 3 unspecified atom stereocenters. The number of benzene rings is 1. The zero-order valence-electron chi connectivity index (χ0n) is 28.3. The number of carbonyl (C=O) groups excluding carboxylic acids is 1. The Hall–Kier alpha value is -3.81. The molecular formula is C35H45FN8O4. The van der Waals surface area contributed by atoms with Crippen LogP contribution in [0.2, 0.25) is 0 Å². The molecule has 8 rings (SSSR count). The highest BCUT2D eigenvalue weighted by Crippen LogP contribution is 2.48. The summed E-state index contributed by atoms with van der Waals surface area (Å²) < 4.78 is 36.3. The molecule has 2 N–H and O–H groups in total. The average molecular weight is 661 g/mol. The third-order valence-corrected chi connectivity index (χ3v) is 11.0. The monoisotopic (exact) mass is 660 g/mol. The van der Waals surface area contributed by atoms with Crippen molar-refractivity contribution < 1.29 is 23.4 Å². The second-order valence-electron chi connectivity index (χ2n) is 14.9.